The summed E-state index contributed by atoms with van der Waals surface area (Å²) >= 11 is 0. The molecule has 1 aromatic rings. The highest BCUT2D eigenvalue weighted by atomic mass is 16.2. The fourth-order valence-electron chi connectivity index (χ4n) is 1.46. The number of hydrogen-bond donors (Lipinski definition) is 2. The average molecular weight is 235 g/mol. The molecule has 0 aliphatic heterocycles. The molecule has 0 saturated carbocycles. The first-order valence-corrected chi connectivity index (χ1v) is 5.81. The highest BCUT2D eigenvalue weighted by Crippen LogP contribution is 2.14. The molecule has 94 valence electrons. The minimum absolute atomic E-state index is 0.114. The zero-order valence-electron chi connectivity index (χ0n) is 10.9. The number of rotatable bonds is 3. The molecule has 0 saturated heterocycles. The molecule has 4 nitrogen and oxygen atoms in total. The molecule has 0 aromatic heterocycles. The van der Waals surface area contributed by atoms with E-state index >= 15 is 0 Å². The zero-order valence-corrected chi connectivity index (χ0v) is 10.9. The van der Waals surface area contributed by atoms with E-state index in [0.717, 1.165) is 5.69 Å². The largest absolute Gasteiger partial charge is 0.399 e. The Kier molecular flexibility index (Phi) is 4.37. The van der Waals surface area contributed by atoms with E-state index in [1.807, 2.05) is 19.1 Å². The van der Waals surface area contributed by atoms with Gasteiger partial charge >= 0.3 is 6.03 Å². The molecule has 0 aliphatic rings. The number of amides is 2. The lowest BCUT2D eigenvalue weighted by molar-refractivity contribution is 0.193. The van der Waals surface area contributed by atoms with E-state index in [2.05, 4.69) is 19.2 Å². The van der Waals surface area contributed by atoms with Crippen LogP contribution in [0.25, 0.3) is 0 Å². The van der Waals surface area contributed by atoms with Gasteiger partial charge in [0.05, 0.1) is 0 Å². The Morgan fingerprint density at radius 1 is 1.35 bits per heavy atom. The van der Waals surface area contributed by atoms with Gasteiger partial charge in [-0.25, -0.2) is 4.79 Å². The van der Waals surface area contributed by atoms with Gasteiger partial charge in [0.25, 0.3) is 0 Å². The molecule has 1 atom stereocenters. The Labute approximate surface area is 103 Å². The monoisotopic (exact) mass is 235 g/mol. The number of nitrogens with two attached hydrogens (primary N) is 1. The molecule has 3 N–H and O–H groups in total. The van der Waals surface area contributed by atoms with E-state index in [9.17, 15) is 4.79 Å². The molecule has 1 aromatic carbocycles. The maximum atomic E-state index is 11.9. The lowest BCUT2D eigenvalue weighted by atomic mass is 10.1. The fraction of sp³-hybridized carbons (Fsp3) is 0.462. The number of nitrogen functional groups attached to an aromatic ring is 1. The molecule has 1 unspecified atom stereocenters. The summed E-state index contributed by atoms with van der Waals surface area (Å²) in [4.78, 5) is 13.6. The molecule has 0 bridgehead atoms. The summed E-state index contributed by atoms with van der Waals surface area (Å²) in [5.41, 5.74) is 7.01. The number of hydrogen-bond acceptors (Lipinski definition) is 2. The summed E-state index contributed by atoms with van der Waals surface area (Å²) in [6.45, 7) is 6.22. The molecule has 4 heteroatoms. The van der Waals surface area contributed by atoms with E-state index < -0.39 is 0 Å². The first kappa shape index (κ1) is 13.4. The Hall–Kier alpha value is -1.71. The van der Waals surface area contributed by atoms with Gasteiger partial charge in [-0.15, -0.1) is 0 Å². The maximum Gasteiger partial charge on any atom is 0.321 e. The quantitative estimate of drug-likeness (QED) is 0.791. The van der Waals surface area contributed by atoms with Crippen molar-refractivity contribution in [1.82, 2.24) is 4.90 Å². The fourth-order valence-corrected chi connectivity index (χ4v) is 1.46. The van der Waals surface area contributed by atoms with Crippen molar-refractivity contribution >= 4 is 17.4 Å². The number of urea groups is 1. The van der Waals surface area contributed by atoms with Crippen LogP contribution in [-0.2, 0) is 0 Å². The molecule has 0 radical (unpaired) electrons. The van der Waals surface area contributed by atoms with Gasteiger partial charge in [0, 0.05) is 24.5 Å². The Bertz CT molecular complexity index is 390. The smallest absolute Gasteiger partial charge is 0.321 e. The van der Waals surface area contributed by atoms with Crippen LogP contribution in [0.5, 0.6) is 0 Å². The molecule has 0 spiro atoms. The van der Waals surface area contributed by atoms with Crippen LogP contribution in [-0.4, -0.2) is 24.0 Å². The second-order valence-corrected chi connectivity index (χ2v) is 4.65. The van der Waals surface area contributed by atoms with Gasteiger partial charge in [0.1, 0.15) is 0 Å². The van der Waals surface area contributed by atoms with E-state index in [1.54, 1.807) is 24.1 Å². The molecular formula is C13H21N3O. The van der Waals surface area contributed by atoms with Crippen molar-refractivity contribution in [1.29, 1.82) is 0 Å². The third-order valence-corrected chi connectivity index (χ3v) is 3.03. The first-order chi connectivity index (χ1) is 7.91. The van der Waals surface area contributed by atoms with Crippen LogP contribution in [0, 0.1) is 5.92 Å². The van der Waals surface area contributed by atoms with Crippen LogP contribution in [0.1, 0.15) is 20.8 Å². The van der Waals surface area contributed by atoms with Crippen molar-refractivity contribution in [3.05, 3.63) is 24.3 Å². The van der Waals surface area contributed by atoms with Gasteiger partial charge < -0.3 is 16.0 Å². The second kappa shape index (κ2) is 5.57. The zero-order chi connectivity index (χ0) is 13.0. The van der Waals surface area contributed by atoms with Crippen molar-refractivity contribution < 1.29 is 4.79 Å². The molecule has 1 rings (SSSR count). The van der Waals surface area contributed by atoms with Crippen LogP contribution >= 0.6 is 0 Å². The topological polar surface area (TPSA) is 58.4 Å². The molecule has 17 heavy (non-hydrogen) atoms. The maximum absolute atomic E-state index is 11.9. The third-order valence-electron chi connectivity index (χ3n) is 3.03. The summed E-state index contributed by atoms with van der Waals surface area (Å²) < 4.78 is 0. The van der Waals surface area contributed by atoms with Crippen molar-refractivity contribution in [3.8, 4) is 0 Å². The van der Waals surface area contributed by atoms with Gasteiger partial charge in [0.15, 0.2) is 0 Å². The van der Waals surface area contributed by atoms with Crippen LogP contribution in [0.3, 0.4) is 0 Å². The van der Waals surface area contributed by atoms with Crippen LogP contribution < -0.4 is 11.1 Å². The Morgan fingerprint density at radius 2 is 2.00 bits per heavy atom. The molecule has 2 amide bonds. The standard InChI is InChI=1S/C13H21N3O/c1-9(2)10(3)16(4)13(17)15-12-7-5-6-11(14)8-12/h5-10H,14H2,1-4H3,(H,15,17). The number of nitrogens with one attached hydrogen (secondary N) is 1. The Balaban J connectivity index is 2.66. The van der Waals surface area contributed by atoms with Gasteiger partial charge in [-0.3, -0.25) is 0 Å². The highest BCUT2D eigenvalue weighted by molar-refractivity contribution is 5.89. The van der Waals surface area contributed by atoms with Gasteiger partial charge in [0.2, 0.25) is 0 Å². The summed E-state index contributed by atoms with van der Waals surface area (Å²) in [5, 5.41) is 2.83. The molecule has 0 aliphatic carbocycles. The molecule has 0 heterocycles. The van der Waals surface area contributed by atoms with Gasteiger partial charge in [-0.1, -0.05) is 19.9 Å². The third kappa shape index (κ3) is 3.66. The summed E-state index contributed by atoms with van der Waals surface area (Å²) in [6, 6.07) is 7.24. The van der Waals surface area contributed by atoms with Crippen molar-refractivity contribution in [2.75, 3.05) is 18.1 Å². The molecule has 0 fully saturated rings. The van der Waals surface area contributed by atoms with E-state index in [-0.39, 0.29) is 12.1 Å². The van der Waals surface area contributed by atoms with E-state index in [4.69, 9.17) is 5.73 Å². The highest BCUT2D eigenvalue weighted by Gasteiger charge is 2.18. The number of benzene rings is 1. The van der Waals surface area contributed by atoms with E-state index in [0.29, 0.717) is 11.6 Å². The van der Waals surface area contributed by atoms with Gasteiger partial charge in [-0.05, 0) is 31.0 Å². The minimum atomic E-state index is -0.114. The normalized spacial score (nSPS) is 12.3. The lowest BCUT2D eigenvalue weighted by Gasteiger charge is -2.28. The predicted molar refractivity (Wildman–Crippen MR) is 71.9 cm³/mol. The average Bonchev–Trinajstić information content (AvgIpc) is 2.26. The summed E-state index contributed by atoms with van der Waals surface area (Å²) in [7, 11) is 1.80. The number of anilines is 2. The summed E-state index contributed by atoms with van der Waals surface area (Å²) in [5.74, 6) is 0.423. The predicted octanol–water partition coefficient (Wildman–Crippen LogP) is 2.78. The Morgan fingerprint density at radius 3 is 2.53 bits per heavy atom. The number of nitrogens with zero attached hydrogens (tertiary/aromatic N) is 1. The van der Waals surface area contributed by atoms with Crippen LogP contribution in [0.15, 0.2) is 24.3 Å². The molecular weight excluding hydrogens is 214 g/mol. The first-order valence-electron chi connectivity index (χ1n) is 5.81. The van der Waals surface area contributed by atoms with Crippen molar-refractivity contribution in [2.24, 2.45) is 5.92 Å². The minimum Gasteiger partial charge on any atom is -0.399 e. The second-order valence-electron chi connectivity index (χ2n) is 4.65. The van der Waals surface area contributed by atoms with Crippen molar-refractivity contribution in [2.45, 2.75) is 26.8 Å². The summed E-state index contributed by atoms with van der Waals surface area (Å²) in [6.07, 6.45) is 0. The lowest BCUT2D eigenvalue weighted by Crippen LogP contribution is -2.40. The van der Waals surface area contributed by atoms with Crippen LogP contribution in [0.2, 0.25) is 0 Å². The van der Waals surface area contributed by atoms with Gasteiger partial charge in [-0.2, -0.15) is 0 Å². The SMILES string of the molecule is CC(C)C(C)N(C)C(=O)Nc1cccc(N)c1. The number of carbonyl (C=O) groups excluding carboxylic acids is 1. The van der Waals surface area contributed by atoms with Crippen LogP contribution in [0.4, 0.5) is 16.2 Å². The number of carbonyl (C=O) groups is 1. The van der Waals surface area contributed by atoms with Crippen molar-refractivity contribution in [3.63, 3.8) is 0 Å². The van der Waals surface area contributed by atoms with E-state index in [1.165, 1.54) is 0 Å².